The summed E-state index contributed by atoms with van der Waals surface area (Å²) in [6.07, 6.45) is 2.77. The van der Waals surface area contributed by atoms with E-state index in [0.29, 0.717) is 0 Å². The van der Waals surface area contributed by atoms with Crippen LogP contribution < -0.4 is 5.56 Å². The second-order valence-electron chi connectivity index (χ2n) is 2.33. The summed E-state index contributed by atoms with van der Waals surface area (Å²) >= 11 is 0. The van der Waals surface area contributed by atoms with E-state index in [9.17, 15) is 9.18 Å². The molecule has 0 unspecified atom stereocenters. The lowest BCUT2D eigenvalue weighted by atomic mass is 10.4. The minimum absolute atomic E-state index is 0.0602. The fraction of sp³-hybridized carbons (Fsp3) is 0. The van der Waals surface area contributed by atoms with Gasteiger partial charge in [0.2, 0.25) is 0 Å². The average Bonchev–Trinajstić information content (AvgIpc) is 2.07. The minimum Gasteiger partial charge on any atom is -0.269 e. The fourth-order valence-corrected chi connectivity index (χ4v) is 1.03. The molecule has 0 bridgehead atoms. The summed E-state index contributed by atoms with van der Waals surface area (Å²) in [5.41, 5.74) is -0.218. The van der Waals surface area contributed by atoms with Crippen molar-refractivity contribution < 1.29 is 4.39 Å². The third kappa shape index (κ3) is 0.887. The Morgan fingerprint density at radius 3 is 3.00 bits per heavy atom. The summed E-state index contributed by atoms with van der Waals surface area (Å²) in [6, 6.07) is 4.01. The smallest absolute Gasteiger partial charge is 0.257 e. The van der Waals surface area contributed by atoms with Gasteiger partial charge in [-0.05, 0) is 12.1 Å². The number of hydrogen-bond acceptors (Lipinski definition) is 2. The normalized spacial score (nSPS) is 10.4. The Morgan fingerprint density at radius 2 is 2.25 bits per heavy atom. The van der Waals surface area contributed by atoms with Crippen molar-refractivity contribution in [2.75, 3.05) is 0 Å². The molecule has 0 saturated heterocycles. The largest absolute Gasteiger partial charge is 0.269 e. The molecular weight excluding hydrogens is 159 g/mol. The number of fused-ring (bicyclic) bond motifs is 1. The molecule has 0 aliphatic carbocycles. The van der Waals surface area contributed by atoms with Crippen LogP contribution in [0.4, 0.5) is 4.39 Å². The Morgan fingerprint density at radius 1 is 1.42 bits per heavy atom. The van der Waals surface area contributed by atoms with E-state index in [-0.39, 0.29) is 11.2 Å². The molecule has 0 amide bonds. The van der Waals surface area contributed by atoms with Gasteiger partial charge in [0.15, 0.2) is 11.5 Å². The SMILES string of the molecule is O=c1ccnc2c(F)cccn12. The van der Waals surface area contributed by atoms with E-state index in [2.05, 4.69) is 4.98 Å². The number of rotatable bonds is 0. The van der Waals surface area contributed by atoms with E-state index in [1.54, 1.807) is 0 Å². The van der Waals surface area contributed by atoms with Crippen LogP contribution in [0.3, 0.4) is 0 Å². The van der Waals surface area contributed by atoms with Gasteiger partial charge < -0.3 is 0 Å². The predicted octanol–water partition coefficient (Wildman–Crippen LogP) is 0.834. The molecule has 0 atom stereocenters. The molecule has 0 saturated carbocycles. The van der Waals surface area contributed by atoms with E-state index >= 15 is 0 Å². The Bertz CT molecular complexity index is 478. The maximum Gasteiger partial charge on any atom is 0.257 e. The molecule has 0 spiro atoms. The van der Waals surface area contributed by atoms with Crippen LogP contribution in [0.1, 0.15) is 0 Å². The van der Waals surface area contributed by atoms with Crippen LogP contribution in [0.15, 0.2) is 35.4 Å². The first kappa shape index (κ1) is 6.97. The van der Waals surface area contributed by atoms with Crippen molar-refractivity contribution >= 4 is 5.65 Å². The van der Waals surface area contributed by atoms with Crippen molar-refractivity contribution in [1.29, 1.82) is 0 Å². The van der Waals surface area contributed by atoms with E-state index in [1.165, 1.54) is 30.6 Å². The third-order valence-electron chi connectivity index (χ3n) is 1.57. The maximum absolute atomic E-state index is 12.9. The molecule has 0 fully saturated rings. The molecule has 2 heterocycles. The highest BCUT2D eigenvalue weighted by Gasteiger charge is 2.00. The molecule has 0 aromatic carbocycles. The van der Waals surface area contributed by atoms with Gasteiger partial charge in [-0.1, -0.05) is 0 Å². The van der Waals surface area contributed by atoms with Crippen molar-refractivity contribution in [2.24, 2.45) is 0 Å². The predicted molar refractivity (Wildman–Crippen MR) is 41.4 cm³/mol. The van der Waals surface area contributed by atoms with Gasteiger partial charge in [-0.3, -0.25) is 9.20 Å². The summed E-state index contributed by atoms with van der Waals surface area (Å²) in [4.78, 5) is 14.8. The molecule has 4 heteroatoms. The molecule has 0 aliphatic rings. The van der Waals surface area contributed by atoms with Crippen LogP contribution in [-0.2, 0) is 0 Å². The van der Waals surface area contributed by atoms with E-state index in [0.717, 1.165) is 4.40 Å². The first-order chi connectivity index (χ1) is 5.79. The lowest BCUT2D eigenvalue weighted by Gasteiger charge is -1.97. The molecule has 0 N–H and O–H groups in total. The minimum atomic E-state index is -0.491. The van der Waals surface area contributed by atoms with Gasteiger partial charge >= 0.3 is 0 Å². The van der Waals surface area contributed by atoms with Crippen LogP contribution in [0.2, 0.25) is 0 Å². The van der Waals surface area contributed by atoms with Crippen LogP contribution >= 0.6 is 0 Å². The van der Waals surface area contributed by atoms with E-state index in [4.69, 9.17) is 0 Å². The van der Waals surface area contributed by atoms with E-state index < -0.39 is 5.82 Å². The van der Waals surface area contributed by atoms with Gasteiger partial charge in [0.1, 0.15) is 0 Å². The van der Waals surface area contributed by atoms with Crippen LogP contribution in [0.5, 0.6) is 0 Å². The Balaban J connectivity index is 3.05. The molecule has 0 aliphatic heterocycles. The van der Waals surface area contributed by atoms with Crippen molar-refractivity contribution in [3.8, 4) is 0 Å². The Hall–Kier alpha value is -1.71. The molecule has 3 nitrogen and oxygen atoms in total. The van der Waals surface area contributed by atoms with Crippen LogP contribution in [0, 0.1) is 5.82 Å². The van der Waals surface area contributed by atoms with Gasteiger partial charge in [0.05, 0.1) is 0 Å². The zero-order valence-corrected chi connectivity index (χ0v) is 6.07. The topological polar surface area (TPSA) is 34.4 Å². The summed E-state index contributed by atoms with van der Waals surface area (Å²) in [7, 11) is 0. The number of hydrogen-bond donors (Lipinski definition) is 0. The summed E-state index contributed by atoms with van der Waals surface area (Å²) in [5, 5.41) is 0. The number of aromatic nitrogens is 2. The lowest BCUT2D eigenvalue weighted by Crippen LogP contribution is -2.13. The zero-order valence-electron chi connectivity index (χ0n) is 6.07. The molecule has 2 rings (SSSR count). The highest BCUT2D eigenvalue weighted by molar-refractivity contribution is 5.38. The highest BCUT2D eigenvalue weighted by atomic mass is 19.1. The Labute approximate surface area is 67.1 Å². The molecule has 2 aromatic rings. The molecule has 0 radical (unpaired) electrons. The van der Waals surface area contributed by atoms with Gasteiger partial charge in [-0.25, -0.2) is 9.37 Å². The number of halogens is 1. The third-order valence-corrected chi connectivity index (χ3v) is 1.57. The van der Waals surface area contributed by atoms with Gasteiger partial charge in [-0.15, -0.1) is 0 Å². The zero-order chi connectivity index (χ0) is 8.55. The molecule has 12 heavy (non-hydrogen) atoms. The molecular formula is C8H5FN2O. The van der Waals surface area contributed by atoms with Crippen molar-refractivity contribution in [1.82, 2.24) is 9.38 Å². The first-order valence-corrected chi connectivity index (χ1v) is 3.41. The van der Waals surface area contributed by atoms with Crippen molar-refractivity contribution in [3.05, 3.63) is 46.8 Å². The van der Waals surface area contributed by atoms with Crippen LogP contribution in [0.25, 0.3) is 5.65 Å². The summed E-state index contributed by atoms with van der Waals surface area (Å²) in [5.74, 6) is -0.491. The molecule has 60 valence electrons. The standard InChI is InChI=1S/C8H5FN2O/c9-6-2-1-5-11-7(12)3-4-10-8(6)11/h1-5H. The summed E-state index contributed by atoms with van der Waals surface area (Å²) < 4.78 is 14.1. The van der Waals surface area contributed by atoms with Gasteiger partial charge in [0, 0.05) is 18.5 Å². The summed E-state index contributed by atoms with van der Waals surface area (Å²) in [6.45, 7) is 0. The monoisotopic (exact) mass is 164 g/mol. The van der Waals surface area contributed by atoms with Gasteiger partial charge in [0.25, 0.3) is 5.56 Å². The highest BCUT2D eigenvalue weighted by Crippen LogP contribution is 2.01. The van der Waals surface area contributed by atoms with Crippen LogP contribution in [-0.4, -0.2) is 9.38 Å². The number of nitrogens with zero attached hydrogens (tertiary/aromatic N) is 2. The van der Waals surface area contributed by atoms with E-state index in [1.807, 2.05) is 0 Å². The number of pyridine rings is 1. The first-order valence-electron chi connectivity index (χ1n) is 3.41. The fourth-order valence-electron chi connectivity index (χ4n) is 1.03. The second-order valence-corrected chi connectivity index (χ2v) is 2.33. The molecule has 2 aromatic heterocycles. The van der Waals surface area contributed by atoms with Gasteiger partial charge in [-0.2, -0.15) is 0 Å². The Kier molecular flexibility index (Phi) is 1.40. The van der Waals surface area contributed by atoms with Crippen molar-refractivity contribution in [3.63, 3.8) is 0 Å². The maximum atomic E-state index is 12.9. The lowest BCUT2D eigenvalue weighted by molar-refractivity contribution is 0.627. The average molecular weight is 164 g/mol. The quantitative estimate of drug-likeness (QED) is 0.578. The van der Waals surface area contributed by atoms with Crippen molar-refractivity contribution in [2.45, 2.75) is 0 Å². The second kappa shape index (κ2) is 2.41.